The Bertz CT molecular complexity index is 213. The zero-order valence-electron chi connectivity index (χ0n) is 10.9. The van der Waals surface area contributed by atoms with E-state index in [4.69, 9.17) is 9.16 Å². The first-order valence-electron chi connectivity index (χ1n) is 5.77. The van der Waals surface area contributed by atoms with Gasteiger partial charge >= 0.3 is 0 Å². The van der Waals surface area contributed by atoms with E-state index >= 15 is 0 Å². The Morgan fingerprint density at radius 1 is 1.33 bits per heavy atom. The molecule has 0 aromatic carbocycles. The van der Waals surface area contributed by atoms with Crippen molar-refractivity contribution in [3.8, 4) is 0 Å². The molecular weight excluding hydrogens is 206 g/mol. The third-order valence-corrected chi connectivity index (χ3v) is 7.94. The van der Waals surface area contributed by atoms with Crippen molar-refractivity contribution < 1.29 is 9.16 Å². The van der Waals surface area contributed by atoms with Gasteiger partial charge in [-0.25, -0.2) is 0 Å². The van der Waals surface area contributed by atoms with Crippen molar-refractivity contribution in [2.24, 2.45) is 0 Å². The third kappa shape index (κ3) is 3.28. The van der Waals surface area contributed by atoms with E-state index in [9.17, 15) is 0 Å². The van der Waals surface area contributed by atoms with Gasteiger partial charge in [-0.1, -0.05) is 20.8 Å². The number of hydrogen-bond donors (Lipinski definition) is 1. The van der Waals surface area contributed by atoms with E-state index in [1.165, 1.54) is 0 Å². The highest BCUT2D eigenvalue weighted by atomic mass is 28.4. The summed E-state index contributed by atoms with van der Waals surface area (Å²) in [5.41, 5.74) is 0. The molecule has 0 aliphatic carbocycles. The van der Waals surface area contributed by atoms with E-state index in [1.54, 1.807) is 0 Å². The molecule has 0 saturated carbocycles. The van der Waals surface area contributed by atoms with Gasteiger partial charge in [-0.15, -0.1) is 0 Å². The first-order chi connectivity index (χ1) is 6.74. The number of hydrogen-bond acceptors (Lipinski definition) is 3. The number of ether oxygens (including phenoxy) is 1. The van der Waals surface area contributed by atoms with Gasteiger partial charge < -0.3 is 9.16 Å². The maximum atomic E-state index is 6.26. The maximum absolute atomic E-state index is 6.26. The van der Waals surface area contributed by atoms with Crippen LogP contribution in [0.3, 0.4) is 0 Å². The van der Waals surface area contributed by atoms with Gasteiger partial charge in [0.05, 0.1) is 12.7 Å². The number of nitrogens with one attached hydrogen (secondary N) is 1. The summed E-state index contributed by atoms with van der Waals surface area (Å²) in [6, 6.07) is 0. The Kier molecular flexibility index (Phi) is 3.98. The highest BCUT2D eigenvalue weighted by Crippen LogP contribution is 2.37. The molecule has 1 rings (SSSR count). The zero-order valence-corrected chi connectivity index (χ0v) is 11.9. The molecule has 1 saturated heterocycles. The van der Waals surface area contributed by atoms with Gasteiger partial charge in [0.25, 0.3) is 0 Å². The molecule has 1 N–H and O–H groups in total. The van der Waals surface area contributed by atoms with Crippen molar-refractivity contribution in [1.82, 2.24) is 5.32 Å². The Morgan fingerprint density at radius 3 is 2.40 bits per heavy atom. The second-order valence-electron chi connectivity index (χ2n) is 5.83. The second kappa shape index (κ2) is 4.53. The lowest BCUT2D eigenvalue weighted by atomic mass is 10.2. The fourth-order valence-corrected chi connectivity index (χ4v) is 2.59. The Morgan fingerprint density at radius 2 is 1.93 bits per heavy atom. The lowest BCUT2D eigenvalue weighted by Crippen LogP contribution is -2.55. The summed E-state index contributed by atoms with van der Waals surface area (Å²) in [5, 5.41) is 3.64. The summed E-state index contributed by atoms with van der Waals surface area (Å²) in [6.45, 7) is 15.1. The van der Waals surface area contributed by atoms with Crippen LogP contribution in [0.4, 0.5) is 0 Å². The SMILES string of the molecule is CC1OCCN[C@H]1O[Si](C)(C)C(C)(C)C. The van der Waals surface area contributed by atoms with E-state index in [0.29, 0.717) is 0 Å². The van der Waals surface area contributed by atoms with E-state index in [0.717, 1.165) is 13.2 Å². The number of morpholine rings is 1. The molecule has 1 aliphatic heterocycles. The minimum Gasteiger partial charge on any atom is -0.399 e. The maximum Gasteiger partial charge on any atom is 0.194 e. The molecule has 1 heterocycles. The van der Waals surface area contributed by atoms with Crippen LogP contribution in [-0.2, 0) is 9.16 Å². The average molecular weight is 231 g/mol. The van der Waals surface area contributed by atoms with Crippen LogP contribution in [0.1, 0.15) is 27.7 Å². The van der Waals surface area contributed by atoms with Crippen molar-refractivity contribution in [3.63, 3.8) is 0 Å². The molecule has 0 aromatic heterocycles. The summed E-state index contributed by atoms with van der Waals surface area (Å²) < 4.78 is 11.8. The van der Waals surface area contributed by atoms with Crippen molar-refractivity contribution in [3.05, 3.63) is 0 Å². The molecule has 0 spiro atoms. The van der Waals surface area contributed by atoms with Gasteiger partial charge in [0, 0.05) is 6.54 Å². The monoisotopic (exact) mass is 231 g/mol. The molecular formula is C11H25NO2Si. The Balaban J connectivity index is 2.59. The third-order valence-electron chi connectivity index (χ3n) is 3.48. The lowest BCUT2D eigenvalue weighted by Gasteiger charge is -2.42. The molecule has 1 fully saturated rings. The van der Waals surface area contributed by atoms with Gasteiger partial charge in [0.1, 0.15) is 6.23 Å². The summed E-state index contributed by atoms with van der Waals surface area (Å²) in [7, 11) is -1.68. The largest absolute Gasteiger partial charge is 0.399 e. The summed E-state index contributed by atoms with van der Waals surface area (Å²) in [5.74, 6) is 0. The van der Waals surface area contributed by atoms with Crippen LogP contribution in [-0.4, -0.2) is 33.8 Å². The highest BCUT2D eigenvalue weighted by Gasteiger charge is 2.40. The van der Waals surface area contributed by atoms with Gasteiger partial charge in [0.2, 0.25) is 0 Å². The normalized spacial score (nSPS) is 29.2. The van der Waals surface area contributed by atoms with Crippen LogP contribution in [0.25, 0.3) is 0 Å². The summed E-state index contributed by atoms with van der Waals surface area (Å²) in [6.07, 6.45) is 0.229. The molecule has 90 valence electrons. The van der Waals surface area contributed by atoms with E-state index in [1.807, 2.05) is 0 Å². The molecule has 0 bridgehead atoms. The minimum absolute atomic E-state index is 0.0691. The van der Waals surface area contributed by atoms with Crippen molar-refractivity contribution in [2.45, 2.75) is 58.2 Å². The molecule has 2 atom stereocenters. The molecule has 15 heavy (non-hydrogen) atoms. The van der Waals surface area contributed by atoms with Crippen LogP contribution < -0.4 is 5.32 Å². The predicted octanol–water partition coefficient (Wildman–Crippen LogP) is 2.34. The fraction of sp³-hybridized carbons (Fsp3) is 1.00. The minimum atomic E-state index is -1.68. The van der Waals surface area contributed by atoms with Crippen LogP contribution >= 0.6 is 0 Å². The summed E-state index contributed by atoms with van der Waals surface area (Å²) in [4.78, 5) is 0. The highest BCUT2D eigenvalue weighted by molar-refractivity contribution is 6.74. The quantitative estimate of drug-likeness (QED) is 0.740. The Labute approximate surface area is 94.7 Å². The van der Waals surface area contributed by atoms with E-state index in [-0.39, 0.29) is 17.4 Å². The fourth-order valence-electron chi connectivity index (χ4n) is 1.33. The van der Waals surface area contributed by atoms with E-state index in [2.05, 4.69) is 46.1 Å². The standard InChI is InChI=1S/C11H25NO2Si/c1-9-10(12-7-8-13-9)14-15(5,6)11(2,3)4/h9-10,12H,7-8H2,1-6H3/t9?,10-/m0/s1. The smallest absolute Gasteiger partial charge is 0.194 e. The van der Waals surface area contributed by atoms with Gasteiger partial charge in [-0.05, 0) is 25.1 Å². The van der Waals surface area contributed by atoms with Crippen LogP contribution in [0, 0.1) is 0 Å². The number of rotatable bonds is 2. The molecule has 0 amide bonds. The molecule has 0 aromatic rings. The Hall–Kier alpha value is 0.0969. The van der Waals surface area contributed by atoms with Gasteiger partial charge in [-0.2, -0.15) is 0 Å². The molecule has 1 aliphatic rings. The topological polar surface area (TPSA) is 30.5 Å². The lowest BCUT2D eigenvalue weighted by molar-refractivity contribution is -0.0662. The zero-order chi connectivity index (χ0) is 11.7. The summed E-state index contributed by atoms with van der Waals surface area (Å²) >= 11 is 0. The van der Waals surface area contributed by atoms with Gasteiger partial charge in [-0.3, -0.25) is 5.32 Å². The van der Waals surface area contributed by atoms with E-state index < -0.39 is 8.32 Å². The molecule has 1 unspecified atom stereocenters. The molecule has 4 heteroatoms. The molecule has 3 nitrogen and oxygen atoms in total. The second-order valence-corrected chi connectivity index (χ2v) is 10.6. The predicted molar refractivity (Wildman–Crippen MR) is 65.5 cm³/mol. The van der Waals surface area contributed by atoms with Crippen LogP contribution in [0.2, 0.25) is 18.1 Å². The van der Waals surface area contributed by atoms with Crippen molar-refractivity contribution in [2.75, 3.05) is 13.2 Å². The van der Waals surface area contributed by atoms with Crippen LogP contribution in [0.5, 0.6) is 0 Å². The van der Waals surface area contributed by atoms with Crippen LogP contribution in [0.15, 0.2) is 0 Å². The average Bonchev–Trinajstić information content (AvgIpc) is 2.06. The van der Waals surface area contributed by atoms with Crippen molar-refractivity contribution >= 4 is 8.32 Å². The van der Waals surface area contributed by atoms with Crippen molar-refractivity contribution in [1.29, 1.82) is 0 Å². The van der Waals surface area contributed by atoms with Gasteiger partial charge in [0.15, 0.2) is 8.32 Å². The first kappa shape index (κ1) is 13.2. The first-order valence-corrected chi connectivity index (χ1v) is 8.68. The molecule has 0 radical (unpaired) electrons.